The summed E-state index contributed by atoms with van der Waals surface area (Å²) in [7, 11) is 0. The average Bonchev–Trinajstić information content (AvgIpc) is 2.90. The smallest absolute Gasteiger partial charge is 0.346 e. The van der Waals surface area contributed by atoms with Gasteiger partial charge in [-0.05, 0) is 91.3 Å². The summed E-state index contributed by atoms with van der Waals surface area (Å²) in [5.41, 5.74) is 1.79. The summed E-state index contributed by atoms with van der Waals surface area (Å²) in [5.74, 6) is -2.10. The normalized spacial score (nSPS) is 17.5. The predicted octanol–water partition coefficient (Wildman–Crippen LogP) is 9.41. The van der Waals surface area contributed by atoms with Crippen molar-refractivity contribution >= 4 is 5.97 Å². The second-order valence-electron chi connectivity index (χ2n) is 10.2. The fourth-order valence-electron chi connectivity index (χ4n) is 5.40. The molecule has 0 radical (unpaired) electrons. The minimum Gasteiger partial charge on any atom is -0.423 e. The predicted molar refractivity (Wildman–Crippen MR) is 141 cm³/mol. The molecular formula is C32H35F3O2. The van der Waals surface area contributed by atoms with E-state index in [1.807, 2.05) is 0 Å². The number of halogens is 3. The molecule has 3 aromatic rings. The third kappa shape index (κ3) is 6.44. The van der Waals surface area contributed by atoms with Crippen LogP contribution in [-0.2, 0) is 6.42 Å². The number of esters is 1. The van der Waals surface area contributed by atoms with Crippen LogP contribution < -0.4 is 4.74 Å². The van der Waals surface area contributed by atoms with Crippen LogP contribution in [0.4, 0.5) is 13.2 Å². The van der Waals surface area contributed by atoms with Crippen LogP contribution in [0.5, 0.6) is 5.75 Å². The van der Waals surface area contributed by atoms with E-state index in [0.717, 1.165) is 56.9 Å². The number of aryl methyl sites for hydroxylation is 1. The van der Waals surface area contributed by atoms with E-state index in [2.05, 4.69) is 13.8 Å². The van der Waals surface area contributed by atoms with Gasteiger partial charge in [0.2, 0.25) is 0 Å². The molecule has 0 atom stereocenters. The molecule has 1 aliphatic rings. The molecule has 4 rings (SSSR count). The maximum atomic E-state index is 15.1. The van der Waals surface area contributed by atoms with E-state index in [1.165, 1.54) is 30.7 Å². The Morgan fingerprint density at radius 1 is 0.865 bits per heavy atom. The molecule has 0 bridgehead atoms. The van der Waals surface area contributed by atoms with Crippen LogP contribution in [0.15, 0.2) is 54.6 Å². The molecule has 3 aromatic carbocycles. The molecule has 1 saturated carbocycles. The first kappa shape index (κ1) is 27.0. The number of unbranched alkanes of at least 4 members (excludes halogenated alkanes) is 1. The molecule has 0 heterocycles. The molecule has 0 aromatic heterocycles. The van der Waals surface area contributed by atoms with Crippen molar-refractivity contribution in [2.24, 2.45) is 5.92 Å². The van der Waals surface area contributed by atoms with E-state index < -0.39 is 23.4 Å². The highest BCUT2D eigenvalue weighted by molar-refractivity contribution is 5.91. The van der Waals surface area contributed by atoms with Crippen LogP contribution in [0, 0.1) is 23.4 Å². The van der Waals surface area contributed by atoms with Crippen molar-refractivity contribution in [2.45, 2.75) is 77.6 Å². The Bertz CT molecular complexity index is 1210. The highest BCUT2D eigenvalue weighted by atomic mass is 19.2. The molecule has 0 spiro atoms. The molecule has 0 unspecified atom stereocenters. The SMILES string of the molecule is CCCCc1ccc(C(=O)Oc2ccc(-c3ccc(C4CCC(CCC)CC4)c(F)c3F)cc2)c(F)c1. The third-order valence-electron chi connectivity index (χ3n) is 7.54. The number of benzene rings is 3. The first-order valence-electron chi connectivity index (χ1n) is 13.5. The topological polar surface area (TPSA) is 26.3 Å². The summed E-state index contributed by atoms with van der Waals surface area (Å²) in [6, 6.07) is 14.0. The monoisotopic (exact) mass is 508 g/mol. The van der Waals surface area contributed by atoms with Gasteiger partial charge in [-0.2, -0.15) is 0 Å². The van der Waals surface area contributed by atoms with Crippen molar-refractivity contribution in [1.29, 1.82) is 0 Å². The second kappa shape index (κ2) is 12.4. The second-order valence-corrected chi connectivity index (χ2v) is 10.2. The van der Waals surface area contributed by atoms with Gasteiger partial charge < -0.3 is 4.74 Å². The minimum atomic E-state index is -0.858. The number of hydrogen-bond acceptors (Lipinski definition) is 2. The lowest BCUT2D eigenvalue weighted by Crippen LogP contribution is -2.15. The summed E-state index contributed by atoms with van der Waals surface area (Å²) in [6.45, 7) is 4.25. The molecular weight excluding hydrogens is 473 g/mol. The number of carbonyl (C=O) groups is 1. The Balaban J connectivity index is 1.43. The van der Waals surface area contributed by atoms with Crippen LogP contribution in [0.2, 0.25) is 0 Å². The van der Waals surface area contributed by atoms with Gasteiger partial charge in [0.1, 0.15) is 11.6 Å². The van der Waals surface area contributed by atoms with Crippen LogP contribution in [0.3, 0.4) is 0 Å². The zero-order chi connectivity index (χ0) is 26.4. The van der Waals surface area contributed by atoms with E-state index in [9.17, 15) is 9.18 Å². The molecule has 0 amide bonds. The minimum absolute atomic E-state index is 0.0551. The van der Waals surface area contributed by atoms with Crippen molar-refractivity contribution in [3.05, 3.63) is 88.7 Å². The Hall–Kier alpha value is -3.08. The lowest BCUT2D eigenvalue weighted by atomic mass is 9.77. The quantitative estimate of drug-likeness (QED) is 0.213. The zero-order valence-corrected chi connectivity index (χ0v) is 21.7. The van der Waals surface area contributed by atoms with Crippen molar-refractivity contribution in [3.63, 3.8) is 0 Å². The molecule has 1 aliphatic carbocycles. The van der Waals surface area contributed by atoms with Gasteiger partial charge in [0.15, 0.2) is 11.6 Å². The summed E-state index contributed by atoms with van der Waals surface area (Å²) < 4.78 is 49.9. The molecule has 0 aliphatic heterocycles. The number of hydrogen-bond donors (Lipinski definition) is 0. The van der Waals surface area contributed by atoms with Gasteiger partial charge in [0.25, 0.3) is 0 Å². The Labute approximate surface area is 217 Å². The summed E-state index contributed by atoms with van der Waals surface area (Å²) in [4.78, 5) is 12.5. The number of carbonyl (C=O) groups excluding carboxylic acids is 1. The molecule has 0 saturated heterocycles. The van der Waals surface area contributed by atoms with Crippen molar-refractivity contribution in [3.8, 4) is 16.9 Å². The fraction of sp³-hybridized carbons (Fsp3) is 0.406. The molecule has 196 valence electrons. The maximum absolute atomic E-state index is 15.1. The van der Waals surface area contributed by atoms with E-state index >= 15 is 8.78 Å². The van der Waals surface area contributed by atoms with Crippen LogP contribution in [-0.4, -0.2) is 5.97 Å². The van der Waals surface area contributed by atoms with Crippen molar-refractivity contribution < 1.29 is 22.7 Å². The largest absolute Gasteiger partial charge is 0.423 e. The van der Waals surface area contributed by atoms with Crippen molar-refractivity contribution in [1.82, 2.24) is 0 Å². The molecule has 2 nitrogen and oxygen atoms in total. The van der Waals surface area contributed by atoms with Gasteiger partial charge in [0, 0.05) is 5.56 Å². The summed E-state index contributed by atoms with van der Waals surface area (Å²) in [6.07, 6.45) is 8.98. The third-order valence-corrected chi connectivity index (χ3v) is 7.54. The van der Waals surface area contributed by atoms with Gasteiger partial charge >= 0.3 is 5.97 Å². The molecule has 37 heavy (non-hydrogen) atoms. The van der Waals surface area contributed by atoms with Crippen LogP contribution in [0.25, 0.3) is 11.1 Å². The first-order valence-corrected chi connectivity index (χ1v) is 13.5. The van der Waals surface area contributed by atoms with E-state index in [0.29, 0.717) is 17.0 Å². The maximum Gasteiger partial charge on any atom is 0.346 e. The van der Waals surface area contributed by atoms with Gasteiger partial charge in [0.05, 0.1) is 5.56 Å². The van der Waals surface area contributed by atoms with Gasteiger partial charge in [-0.25, -0.2) is 18.0 Å². The van der Waals surface area contributed by atoms with Gasteiger partial charge in [-0.15, -0.1) is 0 Å². The van der Waals surface area contributed by atoms with Crippen LogP contribution in [0.1, 0.15) is 92.6 Å². The molecule has 5 heteroatoms. The van der Waals surface area contributed by atoms with Crippen LogP contribution >= 0.6 is 0 Å². The molecule has 0 N–H and O–H groups in total. The fourth-order valence-corrected chi connectivity index (χ4v) is 5.40. The van der Waals surface area contributed by atoms with E-state index in [-0.39, 0.29) is 22.8 Å². The molecule has 1 fully saturated rings. The van der Waals surface area contributed by atoms with E-state index in [1.54, 1.807) is 30.3 Å². The Morgan fingerprint density at radius 3 is 2.24 bits per heavy atom. The number of rotatable bonds is 9. The Morgan fingerprint density at radius 2 is 1.59 bits per heavy atom. The van der Waals surface area contributed by atoms with E-state index in [4.69, 9.17) is 4.74 Å². The average molecular weight is 509 g/mol. The highest BCUT2D eigenvalue weighted by Crippen LogP contribution is 2.40. The summed E-state index contributed by atoms with van der Waals surface area (Å²) in [5, 5.41) is 0. The number of ether oxygens (including phenoxy) is 1. The Kier molecular flexibility index (Phi) is 9.07. The van der Waals surface area contributed by atoms with Gasteiger partial charge in [-0.1, -0.05) is 63.4 Å². The lowest BCUT2D eigenvalue weighted by molar-refractivity contribution is 0.0730. The highest BCUT2D eigenvalue weighted by Gasteiger charge is 2.26. The summed E-state index contributed by atoms with van der Waals surface area (Å²) >= 11 is 0. The first-order chi connectivity index (χ1) is 17.9. The van der Waals surface area contributed by atoms with Gasteiger partial charge in [-0.3, -0.25) is 0 Å². The zero-order valence-electron chi connectivity index (χ0n) is 21.7. The van der Waals surface area contributed by atoms with Crippen molar-refractivity contribution in [2.75, 3.05) is 0 Å². The lowest BCUT2D eigenvalue weighted by Gasteiger charge is -2.29. The standard InChI is InChI=1S/C32H35F3O2/c1-3-5-7-22-10-17-28(29(33)20-22)32(36)37-25-15-13-24(14-16-25)27-19-18-26(30(34)31(27)35)23-11-8-21(6-4-2)9-12-23/h10,13-21,23H,3-9,11-12H2,1-2H3.